The minimum absolute atomic E-state index is 0.0897. The number of nitrogens with one attached hydrogen (secondary N) is 1. The number of hydrogen-bond donors (Lipinski definition) is 2. The van der Waals surface area contributed by atoms with Gasteiger partial charge in [-0.05, 0) is 18.8 Å². The molecule has 1 fully saturated rings. The third kappa shape index (κ3) is 1.52. The zero-order valence-corrected chi connectivity index (χ0v) is 7.82. The number of carbonyl (C=O) groups excluding carboxylic acids is 1. The molecule has 1 aliphatic carbocycles. The number of aliphatic carboxylic acids is 1. The van der Waals surface area contributed by atoms with E-state index in [-0.39, 0.29) is 17.5 Å². The summed E-state index contributed by atoms with van der Waals surface area (Å²) in [5.74, 6) is -1.32. The van der Waals surface area contributed by atoms with E-state index in [0.29, 0.717) is 0 Å². The number of hydrogen-bond acceptors (Lipinski definition) is 2. The van der Waals surface area contributed by atoms with Crippen LogP contribution in [0.2, 0.25) is 0 Å². The van der Waals surface area contributed by atoms with Crippen molar-refractivity contribution in [2.75, 3.05) is 0 Å². The maximum absolute atomic E-state index is 11.3. The van der Waals surface area contributed by atoms with Crippen LogP contribution < -0.4 is 5.32 Å². The zero-order valence-electron chi connectivity index (χ0n) is 7.82. The molecule has 1 saturated carbocycles. The first-order valence-electron chi connectivity index (χ1n) is 4.94. The molecule has 2 aliphatic rings. The van der Waals surface area contributed by atoms with E-state index < -0.39 is 11.9 Å². The van der Waals surface area contributed by atoms with Gasteiger partial charge < -0.3 is 10.4 Å². The van der Waals surface area contributed by atoms with E-state index in [1.54, 1.807) is 6.08 Å². The lowest BCUT2D eigenvalue weighted by Gasteiger charge is -2.33. The fraction of sp³-hybridized carbons (Fsp3) is 0.600. The molecule has 76 valence electrons. The number of rotatable bonds is 1. The van der Waals surface area contributed by atoms with Gasteiger partial charge in [-0.25, -0.2) is 4.79 Å². The van der Waals surface area contributed by atoms with Gasteiger partial charge in [0.1, 0.15) is 5.57 Å². The predicted molar refractivity (Wildman–Crippen MR) is 49.6 cm³/mol. The largest absolute Gasteiger partial charge is 0.478 e. The molecule has 0 bridgehead atoms. The highest BCUT2D eigenvalue weighted by Crippen LogP contribution is 2.29. The predicted octanol–water partition coefficient (Wildman–Crippen LogP) is 0.686. The van der Waals surface area contributed by atoms with Gasteiger partial charge in [-0.2, -0.15) is 0 Å². The van der Waals surface area contributed by atoms with Crippen molar-refractivity contribution in [3.63, 3.8) is 0 Å². The molecule has 14 heavy (non-hydrogen) atoms. The SMILES string of the molecule is O=C(O)C1=CC2CCCCC2NC1=O. The number of carbonyl (C=O) groups is 2. The van der Waals surface area contributed by atoms with E-state index in [1.165, 1.54) is 0 Å². The summed E-state index contributed by atoms with van der Waals surface area (Å²) < 4.78 is 0. The molecule has 1 heterocycles. The average Bonchev–Trinajstić information content (AvgIpc) is 2.16. The van der Waals surface area contributed by atoms with Gasteiger partial charge >= 0.3 is 5.97 Å². The van der Waals surface area contributed by atoms with Gasteiger partial charge in [-0.1, -0.05) is 18.9 Å². The summed E-state index contributed by atoms with van der Waals surface area (Å²) in [4.78, 5) is 22.0. The van der Waals surface area contributed by atoms with Crippen LogP contribution >= 0.6 is 0 Å². The Balaban J connectivity index is 2.23. The normalized spacial score (nSPS) is 31.4. The van der Waals surface area contributed by atoms with Crippen LogP contribution in [0.15, 0.2) is 11.6 Å². The van der Waals surface area contributed by atoms with Gasteiger partial charge in [0.2, 0.25) is 0 Å². The van der Waals surface area contributed by atoms with Gasteiger partial charge in [0.05, 0.1) is 0 Å². The van der Waals surface area contributed by atoms with E-state index >= 15 is 0 Å². The third-order valence-corrected chi connectivity index (χ3v) is 2.99. The molecule has 4 heteroatoms. The molecule has 4 nitrogen and oxygen atoms in total. The molecule has 2 N–H and O–H groups in total. The van der Waals surface area contributed by atoms with E-state index in [2.05, 4.69) is 5.32 Å². The fourth-order valence-electron chi connectivity index (χ4n) is 2.24. The Labute approximate surface area is 82.0 Å². The van der Waals surface area contributed by atoms with Gasteiger partial charge in [0.15, 0.2) is 0 Å². The van der Waals surface area contributed by atoms with Crippen LogP contribution in [0.5, 0.6) is 0 Å². The first kappa shape index (κ1) is 9.24. The molecular weight excluding hydrogens is 182 g/mol. The lowest BCUT2D eigenvalue weighted by Crippen LogP contribution is -2.46. The second kappa shape index (κ2) is 3.44. The second-order valence-corrected chi connectivity index (χ2v) is 3.91. The molecule has 0 saturated heterocycles. The molecule has 2 atom stereocenters. The molecular formula is C10H13NO3. The lowest BCUT2D eigenvalue weighted by atomic mass is 9.81. The van der Waals surface area contributed by atoms with E-state index in [1.807, 2.05) is 0 Å². The summed E-state index contributed by atoms with van der Waals surface area (Å²) in [5.41, 5.74) is -0.0897. The van der Waals surface area contributed by atoms with Crippen molar-refractivity contribution < 1.29 is 14.7 Å². The van der Waals surface area contributed by atoms with Crippen molar-refractivity contribution in [2.45, 2.75) is 31.7 Å². The zero-order chi connectivity index (χ0) is 10.1. The Morgan fingerprint density at radius 1 is 1.43 bits per heavy atom. The summed E-state index contributed by atoms with van der Waals surface area (Å²) in [6.07, 6.45) is 5.84. The quantitative estimate of drug-likeness (QED) is 0.605. The number of amides is 1. The van der Waals surface area contributed by atoms with Crippen LogP contribution in [0, 0.1) is 5.92 Å². The maximum Gasteiger partial charge on any atom is 0.340 e. The van der Waals surface area contributed by atoms with Crippen LogP contribution in [0.3, 0.4) is 0 Å². The molecule has 0 spiro atoms. The summed E-state index contributed by atoms with van der Waals surface area (Å²) in [6, 6.07) is 0.166. The first-order chi connectivity index (χ1) is 6.68. The van der Waals surface area contributed by atoms with Crippen molar-refractivity contribution in [3.8, 4) is 0 Å². The molecule has 1 amide bonds. The van der Waals surface area contributed by atoms with E-state index in [9.17, 15) is 9.59 Å². The van der Waals surface area contributed by atoms with Crippen LogP contribution in [-0.2, 0) is 9.59 Å². The summed E-state index contributed by atoms with van der Waals surface area (Å²) in [6.45, 7) is 0. The highest BCUT2D eigenvalue weighted by Gasteiger charge is 2.33. The third-order valence-electron chi connectivity index (χ3n) is 2.99. The lowest BCUT2D eigenvalue weighted by molar-refractivity contribution is -0.135. The standard InChI is InChI=1S/C10H13NO3/c12-9-7(10(13)14)5-6-3-1-2-4-8(6)11-9/h5-6,8H,1-4H2,(H,11,12)(H,13,14). The average molecular weight is 195 g/mol. The monoisotopic (exact) mass is 195 g/mol. The Kier molecular flexibility index (Phi) is 2.27. The van der Waals surface area contributed by atoms with Crippen molar-refractivity contribution in [2.24, 2.45) is 5.92 Å². The minimum atomic E-state index is -1.12. The molecule has 0 radical (unpaired) electrons. The molecule has 0 aromatic rings. The summed E-state index contributed by atoms with van der Waals surface area (Å²) in [5, 5.41) is 11.5. The van der Waals surface area contributed by atoms with E-state index in [0.717, 1.165) is 25.7 Å². The Hall–Kier alpha value is -1.32. The Morgan fingerprint density at radius 3 is 2.86 bits per heavy atom. The highest BCUT2D eigenvalue weighted by molar-refractivity contribution is 6.16. The van der Waals surface area contributed by atoms with Crippen molar-refractivity contribution in [3.05, 3.63) is 11.6 Å². The molecule has 0 aromatic heterocycles. The van der Waals surface area contributed by atoms with Gasteiger partial charge in [0, 0.05) is 6.04 Å². The van der Waals surface area contributed by atoms with Crippen LogP contribution in [0.25, 0.3) is 0 Å². The number of carboxylic acid groups (broad SMARTS) is 1. The smallest absolute Gasteiger partial charge is 0.340 e. The van der Waals surface area contributed by atoms with Crippen molar-refractivity contribution in [1.82, 2.24) is 5.32 Å². The van der Waals surface area contributed by atoms with Crippen LogP contribution in [0.1, 0.15) is 25.7 Å². The molecule has 0 aromatic carbocycles. The topological polar surface area (TPSA) is 66.4 Å². The highest BCUT2D eigenvalue weighted by atomic mass is 16.4. The van der Waals surface area contributed by atoms with Gasteiger partial charge in [0.25, 0.3) is 5.91 Å². The Bertz CT molecular complexity index is 308. The van der Waals surface area contributed by atoms with Gasteiger partial charge in [-0.3, -0.25) is 4.79 Å². The molecule has 2 rings (SSSR count). The second-order valence-electron chi connectivity index (χ2n) is 3.91. The van der Waals surface area contributed by atoms with Crippen molar-refractivity contribution in [1.29, 1.82) is 0 Å². The Morgan fingerprint density at radius 2 is 2.14 bits per heavy atom. The van der Waals surface area contributed by atoms with Crippen LogP contribution in [-0.4, -0.2) is 23.0 Å². The van der Waals surface area contributed by atoms with Crippen LogP contribution in [0.4, 0.5) is 0 Å². The number of fused-ring (bicyclic) bond motifs is 1. The number of carboxylic acids is 1. The summed E-state index contributed by atoms with van der Waals surface area (Å²) >= 11 is 0. The minimum Gasteiger partial charge on any atom is -0.478 e. The maximum atomic E-state index is 11.3. The van der Waals surface area contributed by atoms with E-state index in [4.69, 9.17) is 5.11 Å². The first-order valence-corrected chi connectivity index (χ1v) is 4.94. The molecule has 1 aliphatic heterocycles. The van der Waals surface area contributed by atoms with Gasteiger partial charge in [-0.15, -0.1) is 0 Å². The molecule has 2 unspecified atom stereocenters. The van der Waals surface area contributed by atoms with Crippen molar-refractivity contribution >= 4 is 11.9 Å². The fourth-order valence-corrected chi connectivity index (χ4v) is 2.24. The summed E-state index contributed by atoms with van der Waals surface area (Å²) in [7, 11) is 0.